The molecule has 152 valence electrons. The average Bonchev–Trinajstić information content (AvgIpc) is 3.07. The third kappa shape index (κ3) is 4.95. The standard InChI is InChI=1S/C19H18Cl2N4O3S/c1-25-18(13-8-11(20)4-6-15(13)27-2)23-24-19(25)29-10-17(26)22-14-9-12(21)5-7-16(14)28-3/h4-9H,10H2,1-3H3,(H,22,26). The maximum absolute atomic E-state index is 12.4. The van der Waals surface area contributed by atoms with Crippen molar-refractivity contribution in [3.63, 3.8) is 0 Å². The van der Waals surface area contributed by atoms with E-state index in [-0.39, 0.29) is 11.7 Å². The average molecular weight is 453 g/mol. The first-order valence-electron chi connectivity index (χ1n) is 8.42. The summed E-state index contributed by atoms with van der Waals surface area (Å²) < 4.78 is 12.4. The number of nitrogens with zero attached hydrogens (tertiary/aromatic N) is 3. The third-order valence-corrected chi connectivity index (χ3v) is 5.50. The van der Waals surface area contributed by atoms with Gasteiger partial charge >= 0.3 is 0 Å². The number of hydrogen-bond acceptors (Lipinski definition) is 6. The maximum atomic E-state index is 12.4. The van der Waals surface area contributed by atoms with E-state index in [1.54, 1.807) is 48.1 Å². The van der Waals surface area contributed by atoms with Gasteiger partial charge in [-0.3, -0.25) is 4.79 Å². The smallest absolute Gasteiger partial charge is 0.234 e. The Morgan fingerprint density at radius 3 is 2.41 bits per heavy atom. The quantitative estimate of drug-likeness (QED) is 0.530. The number of rotatable bonds is 7. The Morgan fingerprint density at radius 2 is 1.72 bits per heavy atom. The van der Waals surface area contributed by atoms with Crippen LogP contribution in [0.2, 0.25) is 10.0 Å². The predicted octanol–water partition coefficient (Wildman–Crippen LogP) is 4.54. The Labute approximate surface area is 182 Å². The van der Waals surface area contributed by atoms with Crippen LogP contribution in [0.5, 0.6) is 11.5 Å². The van der Waals surface area contributed by atoms with Crippen LogP contribution in [0.3, 0.4) is 0 Å². The molecule has 0 spiro atoms. The fourth-order valence-corrected chi connectivity index (χ4v) is 3.68. The third-order valence-electron chi connectivity index (χ3n) is 4.01. The largest absolute Gasteiger partial charge is 0.496 e. The van der Waals surface area contributed by atoms with E-state index < -0.39 is 0 Å². The number of methoxy groups -OCH3 is 2. The van der Waals surface area contributed by atoms with Gasteiger partial charge in [0.05, 0.1) is 31.2 Å². The summed E-state index contributed by atoms with van der Waals surface area (Å²) in [6.45, 7) is 0. The Kier molecular flexibility index (Phi) is 6.89. The van der Waals surface area contributed by atoms with Crippen LogP contribution in [-0.4, -0.2) is 40.6 Å². The first-order valence-corrected chi connectivity index (χ1v) is 10.2. The number of hydrogen-bond donors (Lipinski definition) is 1. The van der Waals surface area contributed by atoms with Gasteiger partial charge in [-0.25, -0.2) is 0 Å². The highest BCUT2D eigenvalue weighted by molar-refractivity contribution is 7.99. The van der Waals surface area contributed by atoms with Crippen LogP contribution in [0.25, 0.3) is 11.4 Å². The van der Waals surface area contributed by atoms with E-state index in [1.165, 1.54) is 18.9 Å². The number of amides is 1. The van der Waals surface area contributed by atoms with E-state index in [0.717, 1.165) is 5.56 Å². The number of anilines is 1. The number of ether oxygens (including phenoxy) is 2. The Morgan fingerprint density at radius 1 is 1.07 bits per heavy atom. The van der Waals surface area contributed by atoms with Crippen molar-refractivity contribution in [3.05, 3.63) is 46.4 Å². The first kappa shape index (κ1) is 21.3. The number of thioether (sulfide) groups is 1. The van der Waals surface area contributed by atoms with E-state index in [1.807, 2.05) is 7.05 Å². The van der Waals surface area contributed by atoms with Crippen molar-refractivity contribution in [2.75, 3.05) is 25.3 Å². The summed E-state index contributed by atoms with van der Waals surface area (Å²) >= 11 is 13.4. The molecule has 3 aromatic rings. The molecule has 0 saturated heterocycles. The Bertz CT molecular complexity index is 1040. The topological polar surface area (TPSA) is 78.3 Å². The lowest BCUT2D eigenvalue weighted by atomic mass is 10.2. The molecule has 0 fully saturated rings. The number of halogens is 2. The molecule has 10 heteroatoms. The maximum Gasteiger partial charge on any atom is 0.234 e. The molecule has 1 heterocycles. The molecule has 1 N–H and O–H groups in total. The number of carbonyl (C=O) groups is 1. The lowest BCUT2D eigenvalue weighted by Gasteiger charge is -2.11. The number of aromatic nitrogens is 3. The molecule has 0 aliphatic heterocycles. The van der Waals surface area contributed by atoms with Gasteiger partial charge in [-0.1, -0.05) is 35.0 Å². The van der Waals surface area contributed by atoms with Gasteiger partial charge in [-0.15, -0.1) is 10.2 Å². The molecule has 0 unspecified atom stereocenters. The molecule has 0 bridgehead atoms. The van der Waals surface area contributed by atoms with Gasteiger partial charge in [-0.2, -0.15) is 0 Å². The van der Waals surface area contributed by atoms with E-state index in [4.69, 9.17) is 32.7 Å². The molecule has 1 amide bonds. The second-order valence-electron chi connectivity index (χ2n) is 5.89. The monoisotopic (exact) mass is 452 g/mol. The fraction of sp³-hybridized carbons (Fsp3) is 0.211. The van der Waals surface area contributed by atoms with Gasteiger partial charge in [-0.05, 0) is 36.4 Å². The molecule has 29 heavy (non-hydrogen) atoms. The number of nitrogens with one attached hydrogen (secondary N) is 1. The molecular weight excluding hydrogens is 435 g/mol. The normalized spacial score (nSPS) is 10.7. The zero-order valence-corrected chi connectivity index (χ0v) is 18.2. The summed E-state index contributed by atoms with van der Waals surface area (Å²) in [5.74, 6) is 1.66. The van der Waals surface area contributed by atoms with Crippen LogP contribution in [0.4, 0.5) is 5.69 Å². The van der Waals surface area contributed by atoms with Crippen molar-refractivity contribution in [1.29, 1.82) is 0 Å². The van der Waals surface area contributed by atoms with E-state index in [2.05, 4.69) is 15.5 Å². The zero-order valence-electron chi connectivity index (χ0n) is 15.9. The molecule has 0 aliphatic rings. The van der Waals surface area contributed by atoms with Gasteiger partial charge in [0.1, 0.15) is 11.5 Å². The van der Waals surface area contributed by atoms with E-state index in [0.29, 0.717) is 38.2 Å². The molecule has 0 saturated carbocycles. The summed E-state index contributed by atoms with van der Waals surface area (Å²) in [6, 6.07) is 10.3. The van der Waals surface area contributed by atoms with Crippen molar-refractivity contribution in [2.45, 2.75) is 5.16 Å². The summed E-state index contributed by atoms with van der Waals surface area (Å²) in [5.41, 5.74) is 1.22. The van der Waals surface area contributed by atoms with Gasteiger partial charge < -0.3 is 19.4 Å². The zero-order chi connectivity index (χ0) is 21.0. The van der Waals surface area contributed by atoms with Crippen LogP contribution in [-0.2, 0) is 11.8 Å². The molecule has 7 nitrogen and oxygen atoms in total. The molecular formula is C19H18Cl2N4O3S. The first-order chi connectivity index (χ1) is 13.9. The van der Waals surface area contributed by atoms with E-state index in [9.17, 15) is 4.79 Å². The molecule has 1 aromatic heterocycles. The second kappa shape index (κ2) is 9.39. The minimum absolute atomic E-state index is 0.133. The molecule has 0 radical (unpaired) electrons. The van der Waals surface area contributed by atoms with E-state index >= 15 is 0 Å². The van der Waals surface area contributed by atoms with Crippen molar-refractivity contribution in [3.8, 4) is 22.9 Å². The highest BCUT2D eigenvalue weighted by Crippen LogP contribution is 2.33. The predicted molar refractivity (Wildman–Crippen MR) is 115 cm³/mol. The lowest BCUT2D eigenvalue weighted by molar-refractivity contribution is -0.113. The van der Waals surface area contributed by atoms with Crippen LogP contribution >= 0.6 is 35.0 Å². The molecule has 0 atom stereocenters. The van der Waals surface area contributed by atoms with Crippen molar-refractivity contribution >= 4 is 46.6 Å². The number of carbonyl (C=O) groups excluding carboxylic acids is 1. The Hall–Kier alpha value is -2.42. The summed E-state index contributed by atoms with van der Waals surface area (Å²) in [7, 11) is 4.92. The molecule has 3 rings (SSSR count). The van der Waals surface area contributed by atoms with Gasteiger partial charge in [0.15, 0.2) is 11.0 Å². The molecule has 2 aromatic carbocycles. The van der Waals surface area contributed by atoms with Crippen LogP contribution in [0.1, 0.15) is 0 Å². The summed E-state index contributed by atoms with van der Waals surface area (Å²) in [5, 5.41) is 12.8. The van der Waals surface area contributed by atoms with Gasteiger partial charge in [0.2, 0.25) is 5.91 Å². The van der Waals surface area contributed by atoms with Gasteiger partial charge in [0.25, 0.3) is 0 Å². The van der Waals surface area contributed by atoms with Crippen LogP contribution < -0.4 is 14.8 Å². The summed E-state index contributed by atoms with van der Waals surface area (Å²) in [6.07, 6.45) is 0. The second-order valence-corrected chi connectivity index (χ2v) is 7.71. The highest BCUT2D eigenvalue weighted by atomic mass is 35.5. The minimum Gasteiger partial charge on any atom is -0.496 e. The Balaban J connectivity index is 1.72. The fourth-order valence-electron chi connectivity index (χ4n) is 2.62. The van der Waals surface area contributed by atoms with Crippen molar-refractivity contribution in [2.24, 2.45) is 7.05 Å². The van der Waals surface area contributed by atoms with Crippen LogP contribution in [0.15, 0.2) is 41.6 Å². The van der Waals surface area contributed by atoms with Crippen LogP contribution in [0, 0.1) is 0 Å². The SMILES string of the molecule is COc1ccc(Cl)cc1NC(=O)CSc1nnc(-c2cc(Cl)ccc2OC)n1C. The molecule has 0 aliphatic carbocycles. The number of benzene rings is 2. The lowest BCUT2D eigenvalue weighted by Crippen LogP contribution is -2.15. The van der Waals surface area contributed by atoms with Crippen molar-refractivity contribution < 1.29 is 14.3 Å². The summed E-state index contributed by atoms with van der Waals surface area (Å²) in [4.78, 5) is 12.4. The minimum atomic E-state index is -0.222. The van der Waals surface area contributed by atoms with Gasteiger partial charge in [0, 0.05) is 17.1 Å². The highest BCUT2D eigenvalue weighted by Gasteiger charge is 2.17. The van der Waals surface area contributed by atoms with Crippen molar-refractivity contribution in [1.82, 2.24) is 14.8 Å².